The van der Waals surface area contributed by atoms with Crippen LogP contribution < -0.4 is 5.32 Å². The summed E-state index contributed by atoms with van der Waals surface area (Å²) in [5.74, 6) is -0.343. The molecule has 0 aliphatic heterocycles. The first-order valence-corrected chi connectivity index (χ1v) is 7.08. The highest BCUT2D eigenvalue weighted by Crippen LogP contribution is 2.21. The van der Waals surface area contributed by atoms with Crippen molar-refractivity contribution in [2.45, 2.75) is 26.3 Å². The summed E-state index contributed by atoms with van der Waals surface area (Å²) in [4.78, 5) is 0. The van der Waals surface area contributed by atoms with Gasteiger partial charge in [0, 0.05) is 18.0 Å². The highest BCUT2D eigenvalue weighted by Gasteiger charge is 2.22. The molecule has 21 heavy (non-hydrogen) atoms. The Morgan fingerprint density at radius 1 is 1.33 bits per heavy atom. The fourth-order valence-corrected chi connectivity index (χ4v) is 2.18. The summed E-state index contributed by atoms with van der Waals surface area (Å²) in [7, 11) is 0. The zero-order valence-electron chi connectivity index (χ0n) is 12.4. The molecule has 3 N–H and O–H groups in total. The predicted octanol–water partition coefficient (Wildman–Crippen LogP) is 2.08. The first-order valence-electron chi connectivity index (χ1n) is 7.08. The van der Waals surface area contributed by atoms with Gasteiger partial charge in [0.15, 0.2) is 5.82 Å². The van der Waals surface area contributed by atoms with Crippen LogP contribution >= 0.6 is 0 Å². The average molecular weight is 295 g/mol. The molecule has 0 aliphatic rings. The monoisotopic (exact) mass is 295 g/mol. The molecule has 0 spiro atoms. The van der Waals surface area contributed by atoms with Crippen molar-refractivity contribution in [1.29, 1.82) is 0 Å². The third-order valence-corrected chi connectivity index (χ3v) is 3.78. The molecule has 0 saturated heterocycles. The van der Waals surface area contributed by atoms with Gasteiger partial charge in [0.1, 0.15) is 11.8 Å². The van der Waals surface area contributed by atoms with Gasteiger partial charge < -0.3 is 19.9 Å². The minimum Gasteiger partial charge on any atom is -0.461 e. The zero-order valence-corrected chi connectivity index (χ0v) is 12.4. The number of furan rings is 1. The molecule has 0 fully saturated rings. The second-order valence-electron chi connectivity index (χ2n) is 6.03. The smallest absolute Gasteiger partial charge is 0.169 e. The molecule has 116 valence electrons. The third-order valence-electron chi connectivity index (χ3n) is 3.78. The van der Waals surface area contributed by atoms with E-state index >= 15 is 0 Å². The summed E-state index contributed by atoms with van der Waals surface area (Å²) in [6.45, 7) is 4.24. The quantitative estimate of drug-likeness (QED) is 0.732. The Hall–Kier alpha value is -1.43. The number of halogens is 1. The van der Waals surface area contributed by atoms with Crippen LogP contribution in [0.5, 0.6) is 0 Å². The van der Waals surface area contributed by atoms with E-state index in [-0.39, 0.29) is 25.1 Å². The first-order chi connectivity index (χ1) is 9.97. The lowest BCUT2D eigenvalue weighted by Gasteiger charge is -2.27. The molecule has 1 atom stereocenters. The Labute approximate surface area is 123 Å². The molecule has 2 aromatic rings. The summed E-state index contributed by atoms with van der Waals surface area (Å²) >= 11 is 0. The van der Waals surface area contributed by atoms with Crippen molar-refractivity contribution in [2.24, 2.45) is 5.41 Å². The van der Waals surface area contributed by atoms with Crippen molar-refractivity contribution in [1.82, 2.24) is 5.32 Å². The van der Waals surface area contributed by atoms with Crippen LogP contribution in [0.4, 0.5) is 4.39 Å². The number of nitrogens with one attached hydrogen (secondary N) is 1. The fraction of sp³-hybridized carbons (Fsp3) is 0.500. The second kappa shape index (κ2) is 6.56. The molecule has 1 aromatic heterocycles. The maximum atomic E-state index is 13.3. The lowest BCUT2D eigenvalue weighted by molar-refractivity contribution is 0.0678. The summed E-state index contributed by atoms with van der Waals surface area (Å²) < 4.78 is 18.5. The van der Waals surface area contributed by atoms with Crippen molar-refractivity contribution in [3.05, 3.63) is 35.8 Å². The largest absolute Gasteiger partial charge is 0.461 e. The molecule has 5 heteroatoms. The summed E-state index contributed by atoms with van der Waals surface area (Å²) in [6.07, 6.45) is 1.87. The van der Waals surface area contributed by atoms with Crippen LogP contribution in [0, 0.1) is 11.2 Å². The number of fused-ring (bicyclic) bond motifs is 1. The van der Waals surface area contributed by atoms with E-state index in [9.17, 15) is 14.6 Å². The molecule has 0 saturated carbocycles. The van der Waals surface area contributed by atoms with Crippen LogP contribution in [0.1, 0.15) is 19.4 Å². The van der Waals surface area contributed by atoms with E-state index in [1.807, 2.05) is 26.0 Å². The molecular formula is C16H22FNO3. The number of benzene rings is 1. The van der Waals surface area contributed by atoms with E-state index in [2.05, 4.69) is 5.32 Å². The molecular weight excluding hydrogens is 273 g/mol. The lowest BCUT2D eigenvalue weighted by Crippen LogP contribution is -2.42. The Kier molecular flexibility index (Phi) is 4.98. The second-order valence-corrected chi connectivity index (χ2v) is 6.03. The molecule has 0 amide bonds. The predicted molar refractivity (Wildman–Crippen MR) is 79.6 cm³/mol. The van der Waals surface area contributed by atoms with Gasteiger partial charge in [-0.05, 0) is 31.0 Å². The highest BCUT2D eigenvalue weighted by molar-refractivity contribution is 5.78. The van der Waals surface area contributed by atoms with Gasteiger partial charge >= 0.3 is 0 Å². The van der Waals surface area contributed by atoms with Gasteiger partial charge in [-0.25, -0.2) is 4.39 Å². The van der Waals surface area contributed by atoms with E-state index in [4.69, 9.17) is 4.42 Å². The highest BCUT2D eigenvalue weighted by atomic mass is 19.1. The fourth-order valence-electron chi connectivity index (χ4n) is 2.18. The number of rotatable bonds is 7. The molecule has 0 radical (unpaired) electrons. The molecule has 1 heterocycles. The van der Waals surface area contributed by atoms with E-state index in [1.54, 1.807) is 6.07 Å². The minimum absolute atomic E-state index is 0.0686. The number of aliphatic hydroxyl groups excluding tert-OH is 2. The van der Waals surface area contributed by atoms with Gasteiger partial charge in [-0.1, -0.05) is 13.0 Å². The molecule has 1 unspecified atom stereocenters. The van der Waals surface area contributed by atoms with Crippen LogP contribution in [0.3, 0.4) is 0 Å². The van der Waals surface area contributed by atoms with Crippen LogP contribution in [-0.2, 0) is 6.42 Å². The standard InChI is InChI=1S/C16H22FNO3/c1-11(18-8-16(2,9-19)10-20)5-12-3-4-13-14(17)7-21-15(13)6-12/h3-4,6-7,11,18-20H,5,8-10H2,1-2H3. The number of hydrogen-bond acceptors (Lipinski definition) is 4. The molecule has 0 aliphatic carbocycles. The molecule has 0 bridgehead atoms. The van der Waals surface area contributed by atoms with Crippen LogP contribution in [0.15, 0.2) is 28.9 Å². The van der Waals surface area contributed by atoms with Gasteiger partial charge in [-0.3, -0.25) is 0 Å². The van der Waals surface area contributed by atoms with Gasteiger partial charge in [0.25, 0.3) is 0 Å². The average Bonchev–Trinajstić information content (AvgIpc) is 2.86. The first kappa shape index (κ1) is 15.9. The van der Waals surface area contributed by atoms with Gasteiger partial charge in [0.05, 0.1) is 18.6 Å². The van der Waals surface area contributed by atoms with Crippen molar-refractivity contribution in [3.8, 4) is 0 Å². The van der Waals surface area contributed by atoms with E-state index in [0.29, 0.717) is 17.5 Å². The maximum Gasteiger partial charge on any atom is 0.169 e. The molecule has 2 rings (SSSR count). The summed E-state index contributed by atoms with van der Waals surface area (Å²) in [5.41, 5.74) is 1.07. The Bertz CT molecular complexity index is 592. The normalized spacial score (nSPS) is 13.8. The van der Waals surface area contributed by atoms with Crippen LogP contribution in [-0.4, -0.2) is 36.0 Å². The maximum absolute atomic E-state index is 13.3. The Morgan fingerprint density at radius 3 is 2.71 bits per heavy atom. The number of aliphatic hydroxyl groups is 2. The molecule has 1 aromatic carbocycles. The number of hydrogen-bond donors (Lipinski definition) is 3. The summed E-state index contributed by atoms with van der Waals surface area (Å²) in [5, 5.41) is 22.3. The van der Waals surface area contributed by atoms with Gasteiger partial charge in [0.2, 0.25) is 0 Å². The lowest BCUT2D eigenvalue weighted by atomic mass is 9.92. The Balaban J connectivity index is 1.96. The topological polar surface area (TPSA) is 65.6 Å². The van der Waals surface area contributed by atoms with Crippen LogP contribution in [0.2, 0.25) is 0 Å². The van der Waals surface area contributed by atoms with Crippen molar-refractivity contribution in [2.75, 3.05) is 19.8 Å². The third kappa shape index (κ3) is 3.81. The molecule has 4 nitrogen and oxygen atoms in total. The van der Waals surface area contributed by atoms with Crippen molar-refractivity contribution >= 4 is 11.0 Å². The van der Waals surface area contributed by atoms with Gasteiger partial charge in [-0.2, -0.15) is 0 Å². The Morgan fingerprint density at radius 2 is 2.05 bits per heavy atom. The van der Waals surface area contributed by atoms with Crippen molar-refractivity contribution < 1.29 is 19.0 Å². The van der Waals surface area contributed by atoms with Crippen LogP contribution in [0.25, 0.3) is 11.0 Å². The minimum atomic E-state index is -0.525. The summed E-state index contributed by atoms with van der Waals surface area (Å²) in [6, 6.07) is 5.62. The van der Waals surface area contributed by atoms with E-state index in [0.717, 1.165) is 18.2 Å². The zero-order chi connectivity index (χ0) is 15.5. The van der Waals surface area contributed by atoms with Gasteiger partial charge in [-0.15, -0.1) is 0 Å². The van der Waals surface area contributed by atoms with E-state index in [1.165, 1.54) is 0 Å². The van der Waals surface area contributed by atoms with E-state index < -0.39 is 5.41 Å². The van der Waals surface area contributed by atoms with Crippen molar-refractivity contribution in [3.63, 3.8) is 0 Å². The SMILES string of the molecule is CC(Cc1ccc2c(F)coc2c1)NCC(C)(CO)CO.